The van der Waals surface area contributed by atoms with Gasteiger partial charge in [0, 0.05) is 20.0 Å². The number of carbonyl (C=O) groups is 2. The van der Waals surface area contributed by atoms with Crippen molar-refractivity contribution in [2.45, 2.75) is 51.5 Å². The largest absolute Gasteiger partial charge is 0.354 e. The molecule has 1 aliphatic carbocycles. The number of hydrogen-bond acceptors (Lipinski definition) is 2. The molecule has 1 N–H and O–H groups in total. The quantitative estimate of drug-likeness (QED) is 0.864. The van der Waals surface area contributed by atoms with Crippen LogP contribution in [0.25, 0.3) is 0 Å². The van der Waals surface area contributed by atoms with Crippen molar-refractivity contribution in [3.05, 3.63) is 47.0 Å². The van der Waals surface area contributed by atoms with Crippen LogP contribution in [-0.2, 0) is 16.0 Å². The molecule has 1 heterocycles. The molecule has 1 aromatic rings. The molecule has 1 unspecified atom stereocenters. The standard InChI is InChI=1S/C20H26N2O2/c1-15(23)22-14-12-17-9-5-6-10-18(17)19(22)20(24)21-13-11-16-7-3-2-4-8-16/h5-7,9-10,19H,2-4,8,11-14H2,1H3,(H,21,24). The molecule has 0 fully saturated rings. The highest BCUT2D eigenvalue weighted by Crippen LogP contribution is 2.30. The predicted octanol–water partition coefficient (Wildman–Crippen LogP) is 3.14. The Morgan fingerprint density at radius 1 is 1.21 bits per heavy atom. The summed E-state index contributed by atoms with van der Waals surface area (Å²) in [5, 5.41) is 3.05. The number of rotatable bonds is 4. The van der Waals surface area contributed by atoms with Gasteiger partial charge in [-0.15, -0.1) is 0 Å². The van der Waals surface area contributed by atoms with Crippen LogP contribution in [0.3, 0.4) is 0 Å². The van der Waals surface area contributed by atoms with Gasteiger partial charge in [0.05, 0.1) is 0 Å². The summed E-state index contributed by atoms with van der Waals surface area (Å²) in [5.74, 6) is -0.103. The topological polar surface area (TPSA) is 49.4 Å². The van der Waals surface area contributed by atoms with Crippen LogP contribution in [0, 0.1) is 0 Å². The average Bonchev–Trinajstić information content (AvgIpc) is 2.61. The van der Waals surface area contributed by atoms with Gasteiger partial charge in [-0.2, -0.15) is 0 Å². The molecule has 24 heavy (non-hydrogen) atoms. The highest BCUT2D eigenvalue weighted by molar-refractivity contribution is 5.88. The van der Waals surface area contributed by atoms with E-state index in [1.165, 1.54) is 24.0 Å². The van der Waals surface area contributed by atoms with E-state index in [0.717, 1.165) is 31.2 Å². The first kappa shape index (κ1) is 16.7. The van der Waals surface area contributed by atoms with Gasteiger partial charge in [0.15, 0.2) is 0 Å². The van der Waals surface area contributed by atoms with E-state index in [1.807, 2.05) is 18.2 Å². The maximum atomic E-state index is 12.8. The first-order valence-electron chi connectivity index (χ1n) is 8.97. The first-order chi connectivity index (χ1) is 11.7. The summed E-state index contributed by atoms with van der Waals surface area (Å²) in [4.78, 5) is 26.5. The lowest BCUT2D eigenvalue weighted by molar-refractivity contribution is -0.139. The number of amides is 2. The van der Waals surface area contributed by atoms with Gasteiger partial charge in [0.2, 0.25) is 11.8 Å². The zero-order valence-corrected chi connectivity index (χ0v) is 14.4. The van der Waals surface area contributed by atoms with Gasteiger partial charge in [-0.1, -0.05) is 35.9 Å². The Morgan fingerprint density at radius 2 is 2.04 bits per heavy atom. The molecule has 1 aliphatic heterocycles. The molecule has 128 valence electrons. The van der Waals surface area contributed by atoms with Crippen molar-refractivity contribution in [3.8, 4) is 0 Å². The maximum absolute atomic E-state index is 12.8. The molecule has 1 atom stereocenters. The molecule has 1 aromatic carbocycles. The molecule has 0 saturated heterocycles. The minimum Gasteiger partial charge on any atom is -0.354 e. The molecule has 0 bridgehead atoms. The molecule has 0 saturated carbocycles. The van der Waals surface area contributed by atoms with Gasteiger partial charge >= 0.3 is 0 Å². The summed E-state index contributed by atoms with van der Waals surface area (Å²) in [7, 11) is 0. The minimum absolute atomic E-state index is 0.0420. The summed E-state index contributed by atoms with van der Waals surface area (Å²) < 4.78 is 0. The van der Waals surface area contributed by atoms with E-state index in [0.29, 0.717) is 13.1 Å². The minimum atomic E-state index is -0.493. The zero-order valence-electron chi connectivity index (χ0n) is 14.4. The van der Waals surface area contributed by atoms with Gasteiger partial charge in [-0.25, -0.2) is 0 Å². The van der Waals surface area contributed by atoms with Crippen LogP contribution >= 0.6 is 0 Å². The molecule has 2 amide bonds. The fraction of sp³-hybridized carbons (Fsp3) is 0.500. The summed E-state index contributed by atoms with van der Waals surface area (Å²) in [6.45, 7) is 2.80. The maximum Gasteiger partial charge on any atom is 0.247 e. The fourth-order valence-electron chi connectivity index (χ4n) is 3.76. The van der Waals surface area contributed by atoms with Gasteiger partial charge in [0.25, 0.3) is 0 Å². The van der Waals surface area contributed by atoms with Crippen molar-refractivity contribution in [1.29, 1.82) is 0 Å². The van der Waals surface area contributed by atoms with Crippen molar-refractivity contribution in [3.63, 3.8) is 0 Å². The van der Waals surface area contributed by atoms with E-state index in [-0.39, 0.29) is 11.8 Å². The Bertz CT molecular complexity index is 651. The molecular formula is C20H26N2O2. The van der Waals surface area contributed by atoms with E-state index in [4.69, 9.17) is 0 Å². The molecule has 4 heteroatoms. The van der Waals surface area contributed by atoms with Crippen LogP contribution in [0.1, 0.15) is 56.2 Å². The Labute approximate surface area is 143 Å². The smallest absolute Gasteiger partial charge is 0.247 e. The summed E-state index contributed by atoms with van der Waals surface area (Å²) in [6, 6.07) is 7.47. The van der Waals surface area contributed by atoms with E-state index < -0.39 is 6.04 Å². The predicted molar refractivity (Wildman–Crippen MR) is 94.5 cm³/mol. The highest BCUT2D eigenvalue weighted by atomic mass is 16.2. The van der Waals surface area contributed by atoms with Gasteiger partial charge in [-0.3, -0.25) is 9.59 Å². The molecule has 0 aromatic heterocycles. The van der Waals surface area contributed by atoms with E-state index in [1.54, 1.807) is 11.8 Å². The summed E-state index contributed by atoms with van der Waals surface area (Å²) in [6.07, 6.45) is 8.90. The molecule has 3 rings (SSSR count). The Hall–Kier alpha value is -2.10. The third kappa shape index (κ3) is 3.69. The number of carbonyl (C=O) groups excluding carboxylic acids is 2. The molecule has 2 aliphatic rings. The van der Waals surface area contributed by atoms with E-state index >= 15 is 0 Å². The number of allylic oxidation sites excluding steroid dienone is 1. The normalized spacial score (nSPS) is 20.1. The van der Waals surface area contributed by atoms with Crippen LogP contribution in [0.4, 0.5) is 0 Å². The van der Waals surface area contributed by atoms with Crippen LogP contribution in [-0.4, -0.2) is 29.8 Å². The van der Waals surface area contributed by atoms with Crippen LogP contribution in [0.2, 0.25) is 0 Å². The lowest BCUT2D eigenvalue weighted by atomic mass is 9.92. The summed E-state index contributed by atoms with van der Waals surface area (Å²) in [5.41, 5.74) is 3.59. The van der Waals surface area contributed by atoms with Crippen molar-refractivity contribution in [1.82, 2.24) is 10.2 Å². The Kier molecular flexibility index (Phi) is 5.34. The van der Waals surface area contributed by atoms with Crippen molar-refractivity contribution in [2.75, 3.05) is 13.1 Å². The number of fused-ring (bicyclic) bond motifs is 1. The number of nitrogens with zero attached hydrogens (tertiary/aromatic N) is 1. The lowest BCUT2D eigenvalue weighted by Crippen LogP contribution is -2.46. The lowest BCUT2D eigenvalue weighted by Gasteiger charge is -2.35. The van der Waals surface area contributed by atoms with Crippen molar-refractivity contribution >= 4 is 11.8 Å². The van der Waals surface area contributed by atoms with Crippen LogP contribution in [0.15, 0.2) is 35.9 Å². The molecular weight excluding hydrogens is 300 g/mol. The SMILES string of the molecule is CC(=O)N1CCc2ccccc2C1C(=O)NCCC1=CCCCC1. The highest BCUT2D eigenvalue weighted by Gasteiger charge is 2.34. The number of benzene rings is 1. The monoisotopic (exact) mass is 326 g/mol. The van der Waals surface area contributed by atoms with E-state index in [9.17, 15) is 9.59 Å². The third-order valence-electron chi connectivity index (χ3n) is 5.07. The number of hydrogen-bond donors (Lipinski definition) is 1. The van der Waals surface area contributed by atoms with E-state index in [2.05, 4.69) is 17.5 Å². The van der Waals surface area contributed by atoms with Gasteiger partial charge in [0.1, 0.15) is 6.04 Å². The molecule has 4 nitrogen and oxygen atoms in total. The van der Waals surface area contributed by atoms with Crippen molar-refractivity contribution < 1.29 is 9.59 Å². The molecule has 0 radical (unpaired) electrons. The second-order valence-corrected chi connectivity index (χ2v) is 6.71. The van der Waals surface area contributed by atoms with Gasteiger partial charge in [-0.05, 0) is 49.7 Å². The van der Waals surface area contributed by atoms with Gasteiger partial charge < -0.3 is 10.2 Å². The van der Waals surface area contributed by atoms with Crippen LogP contribution < -0.4 is 5.32 Å². The van der Waals surface area contributed by atoms with Crippen LogP contribution in [0.5, 0.6) is 0 Å². The zero-order chi connectivity index (χ0) is 16.9. The Balaban J connectivity index is 1.68. The fourth-order valence-corrected chi connectivity index (χ4v) is 3.76. The first-order valence-corrected chi connectivity index (χ1v) is 8.97. The second-order valence-electron chi connectivity index (χ2n) is 6.71. The van der Waals surface area contributed by atoms with Crippen molar-refractivity contribution in [2.24, 2.45) is 0 Å². The molecule has 0 spiro atoms. The second kappa shape index (κ2) is 7.65. The summed E-state index contributed by atoms with van der Waals surface area (Å²) >= 11 is 0. The average molecular weight is 326 g/mol. The third-order valence-corrected chi connectivity index (χ3v) is 5.07. The number of nitrogens with one attached hydrogen (secondary N) is 1. The Morgan fingerprint density at radius 3 is 2.79 bits per heavy atom.